The lowest BCUT2D eigenvalue weighted by Crippen LogP contribution is -2.30. The second-order valence-corrected chi connectivity index (χ2v) is 4.39. The quantitative estimate of drug-likeness (QED) is 0.802. The van der Waals surface area contributed by atoms with Gasteiger partial charge in [0.2, 0.25) is 0 Å². The molecule has 0 spiro atoms. The first-order valence-corrected chi connectivity index (χ1v) is 5.69. The zero-order valence-electron chi connectivity index (χ0n) is 11.0. The Balaban J connectivity index is 2.80. The molecule has 0 bridgehead atoms. The summed E-state index contributed by atoms with van der Waals surface area (Å²) in [6.07, 6.45) is 1.26. The van der Waals surface area contributed by atoms with Crippen molar-refractivity contribution in [2.75, 3.05) is 46.2 Å². The maximum atomic E-state index is 13.1. The fourth-order valence-corrected chi connectivity index (χ4v) is 1.59. The van der Waals surface area contributed by atoms with Crippen LogP contribution in [-0.4, -0.2) is 51.2 Å². The zero-order chi connectivity index (χ0) is 12.8. The van der Waals surface area contributed by atoms with Crippen molar-refractivity contribution in [3.63, 3.8) is 0 Å². The summed E-state index contributed by atoms with van der Waals surface area (Å²) in [4.78, 5) is 8.32. The Hall–Kier alpha value is -1.20. The third kappa shape index (κ3) is 4.28. The molecule has 0 saturated carbocycles. The molecule has 5 heteroatoms. The van der Waals surface area contributed by atoms with E-state index in [1.165, 1.54) is 12.3 Å². The minimum Gasteiger partial charge on any atom is -0.358 e. The highest BCUT2D eigenvalue weighted by molar-refractivity contribution is 5.46. The summed E-state index contributed by atoms with van der Waals surface area (Å²) in [6.45, 7) is 2.42. The second-order valence-electron chi connectivity index (χ2n) is 4.39. The van der Waals surface area contributed by atoms with Crippen LogP contribution in [0.3, 0.4) is 0 Å². The number of rotatable bonds is 6. The maximum absolute atomic E-state index is 13.1. The van der Waals surface area contributed by atoms with Crippen LogP contribution >= 0.6 is 0 Å². The lowest BCUT2D eigenvalue weighted by molar-refractivity contribution is 0.416. The van der Waals surface area contributed by atoms with Gasteiger partial charge in [0.05, 0.1) is 6.20 Å². The van der Waals surface area contributed by atoms with Gasteiger partial charge >= 0.3 is 0 Å². The van der Waals surface area contributed by atoms with Gasteiger partial charge in [-0.2, -0.15) is 0 Å². The molecule has 0 unspecified atom stereocenters. The van der Waals surface area contributed by atoms with E-state index in [4.69, 9.17) is 0 Å². The molecule has 0 fully saturated rings. The maximum Gasteiger partial charge on any atom is 0.141 e. The number of halogens is 1. The fourth-order valence-electron chi connectivity index (χ4n) is 1.59. The van der Waals surface area contributed by atoms with Gasteiger partial charge in [0.15, 0.2) is 0 Å². The Kier molecular flexibility index (Phi) is 5.31. The molecule has 0 saturated heterocycles. The Morgan fingerprint density at radius 3 is 2.59 bits per heavy atom. The van der Waals surface area contributed by atoms with Crippen LogP contribution in [0, 0.1) is 5.82 Å². The highest BCUT2D eigenvalue weighted by atomic mass is 19.1. The summed E-state index contributed by atoms with van der Waals surface area (Å²) in [6, 6.07) is 1.53. The predicted molar refractivity (Wildman–Crippen MR) is 68.8 cm³/mol. The average Bonchev–Trinajstić information content (AvgIpc) is 2.26. The van der Waals surface area contributed by atoms with Crippen molar-refractivity contribution in [1.82, 2.24) is 15.2 Å². The van der Waals surface area contributed by atoms with Crippen LogP contribution in [0.1, 0.15) is 5.56 Å². The normalized spacial score (nSPS) is 10.9. The number of nitrogens with zero attached hydrogens (tertiary/aromatic N) is 3. The molecule has 96 valence electrons. The van der Waals surface area contributed by atoms with Crippen LogP contribution in [0.4, 0.5) is 10.2 Å². The summed E-state index contributed by atoms with van der Waals surface area (Å²) in [5, 5.41) is 3.03. The van der Waals surface area contributed by atoms with Crippen molar-refractivity contribution in [2.24, 2.45) is 0 Å². The Morgan fingerprint density at radius 1 is 1.29 bits per heavy atom. The lowest BCUT2D eigenvalue weighted by atomic mass is 10.2. The van der Waals surface area contributed by atoms with E-state index in [2.05, 4.69) is 15.2 Å². The topological polar surface area (TPSA) is 31.4 Å². The van der Waals surface area contributed by atoms with Gasteiger partial charge in [0.25, 0.3) is 0 Å². The average molecular weight is 240 g/mol. The SMILES string of the molecule is CNCc1cc(F)cnc1N(C)CCN(C)C. The fraction of sp³-hybridized carbons (Fsp3) is 0.583. The molecule has 0 amide bonds. The summed E-state index contributed by atoms with van der Waals surface area (Å²) < 4.78 is 13.1. The minimum absolute atomic E-state index is 0.292. The third-order valence-corrected chi connectivity index (χ3v) is 2.52. The van der Waals surface area contributed by atoms with Gasteiger partial charge in [0.1, 0.15) is 11.6 Å². The van der Waals surface area contributed by atoms with Crippen LogP contribution in [-0.2, 0) is 6.54 Å². The summed E-state index contributed by atoms with van der Waals surface area (Å²) in [5.74, 6) is 0.544. The largest absolute Gasteiger partial charge is 0.358 e. The van der Waals surface area contributed by atoms with Gasteiger partial charge in [-0.1, -0.05) is 0 Å². The van der Waals surface area contributed by atoms with E-state index in [-0.39, 0.29) is 5.82 Å². The standard InChI is InChI=1S/C12H21FN4/c1-14-8-10-7-11(13)9-15-12(10)17(4)6-5-16(2)3/h7,9,14H,5-6,8H2,1-4H3. The number of anilines is 1. The Labute approximate surface area is 102 Å². The van der Waals surface area contributed by atoms with Crippen molar-refractivity contribution in [1.29, 1.82) is 0 Å². The molecule has 1 heterocycles. The number of hydrogen-bond acceptors (Lipinski definition) is 4. The molecular formula is C12H21FN4. The van der Waals surface area contributed by atoms with E-state index in [0.717, 1.165) is 24.5 Å². The molecule has 0 aliphatic heterocycles. The van der Waals surface area contributed by atoms with Crippen LogP contribution in [0.25, 0.3) is 0 Å². The third-order valence-electron chi connectivity index (χ3n) is 2.52. The van der Waals surface area contributed by atoms with Gasteiger partial charge < -0.3 is 15.1 Å². The zero-order valence-corrected chi connectivity index (χ0v) is 11.0. The van der Waals surface area contributed by atoms with E-state index in [0.29, 0.717) is 6.54 Å². The number of likely N-dealkylation sites (N-methyl/N-ethyl adjacent to an activating group) is 2. The first-order valence-electron chi connectivity index (χ1n) is 5.69. The molecule has 1 rings (SSSR count). The number of pyridine rings is 1. The van der Waals surface area contributed by atoms with Crippen molar-refractivity contribution in [2.45, 2.75) is 6.54 Å². The molecule has 17 heavy (non-hydrogen) atoms. The van der Waals surface area contributed by atoms with E-state index in [9.17, 15) is 4.39 Å². The van der Waals surface area contributed by atoms with Crippen molar-refractivity contribution in [3.8, 4) is 0 Å². The monoisotopic (exact) mass is 240 g/mol. The van der Waals surface area contributed by atoms with Crippen molar-refractivity contribution in [3.05, 3.63) is 23.6 Å². The van der Waals surface area contributed by atoms with Gasteiger partial charge in [-0.05, 0) is 27.2 Å². The first-order chi connectivity index (χ1) is 8.04. The molecule has 1 aromatic heterocycles. The van der Waals surface area contributed by atoms with Crippen LogP contribution in [0.5, 0.6) is 0 Å². The van der Waals surface area contributed by atoms with E-state index < -0.39 is 0 Å². The molecule has 1 N–H and O–H groups in total. The lowest BCUT2D eigenvalue weighted by Gasteiger charge is -2.22. The molecule has 0 atom stereocenters. The highest BCUT2D eigenvalue weighted by Gasteiger charge is 2.10. The smallest absolute Gasteiger partial charge is 0.141 e. The van der Waals surface area contributed by atoms with Crippen LogP contribution in [0.2, 0.25) is 0 Å². The predicted octanol–water partition coefficient (Wildman–Crippen LogP) is 0.938. The second kappa shape index (κ2) is 6.51. The molecule has 0 aliphatic rings. The number of aromatic nitrogens is 1. The van der Waals surface area contributed by atoms with E-state index in [1.807, 2.05) is 33.1 Å². The van der Waals surface area contributed by atoms with Gasteiger partial charge in [-0.3, -0.25) is 0 Å². The number of nitrogens with one attached hydrogen (secondary N) is 1. The van der Waals surface area contributed by atoms with Gasteiger partial charge in [0, 0.05) is 32.2 Å². The summed E-state index contributed by atoms with van der Waals surface area (Å²) in [7, 11) is 7.87. The first kappa shape index (κ1) is 13.9. The number of hydrogen-bond donors (Lipinski definition) is 1. The Bertz CT molecular complexity index is 354. The molecule has 0 aliphatic carbocycles. The van der Waals surface area contributed by atoms with E-state index in [1.54, 1.807) is 0 Å². The molecule has 4 nitrogen and oxygen atoms in total. The van der Waals surface area contributed by atoms with Crippen LogP contribution in [0.15, 0.2) is 12.3 Å². The molecule has 0 aromatic carbocycles. The van der Waals surface area contributed by atoms with Gasteiger partial charge in [-0.15, -0.1) is 0 Å². The highest BCUT2D eigenvalue weighted by Crippen LogP contribution is 2.16. The van der Waals surface area contributed by atoms with Crippen LogP contribution < -0.4 is 10.2 Å². The van der Waals surface area contributed by atoms with Crippen molar-refractivity contribution < 1.29 is 4.39 Å². The van der Waals surface area contributed by atoms with Crippen molar-refractivity contribution >= 4 is 5.82 Å². The summed E-state index contributed by atoms with van der Waals surface area (Å²) >= 11 is 0. The summed E-state index contributed by atoms with van der Waals surface area (Å²) in [5.41, 5.74) is 0.883. The minimum atomic E-state index is -0.292. The van der Waals surface area contributed by atoms with Gasteiger partial charge in [-0.25, -0.2) is 9.37 Å². The van der Waals surface area contributed by atoms with E-state index >= 15 is 0 Å². The molecule has 1 aromatic rings. The Morgan fingerprint density at radius 2 is 2.00 bits per heavy atom. The molecule has 0 radical (unpaired) electrons. The molecular weight excluding hydrogens is 219 g/mol.